The van der Waals surface area contributed by atoms with E-state index in [1.54, 1.807) is 6.07 Å². The number of allylic oxidation sites excluding steroid dienone is 1. The van der Waals surface area contributed by atoms with Gasteiger partial charge in [-0.1, -0.05) is 12.8 Å². The smallest absolute Gasteiger partial charge is 0.346 e. The second kappa shape index (κ2) is 7.19. The molecule has 1 atom stereocenters. The second-order valence-corrected chi connectivity index (χ2v) is 9.96. The van der Waals surface area contributed by atoms with Gasteiger partial charge in [0.25, 0.3) is 0 Å². The van der Waals surface area contributed by atoms with Gasteiger partial charge in [-0.05, 0) is 68.8 Å². The molecule has 0 aromatic carbocycles. The van der Waals surface area contributed by atoms with Crippen molar-refractivity contribution in [1.82, 2.24) is 0 Å². The zero-order chi connectivity index (χ0) is 20.1. The normalized spacial score (nSPS) is 28.8. The quantitative estimate of drug-likeness (QED) is 0.712. The summed E-state index contributed by atoms with van der Waals surface area (Å²) >= 11 is 0. The highest BCUT2D eigenvalue weighted by molar-refractivity contribution is 5.38. The van der Waals surface area contributed by atoms with Crippen LogP contribution in [0.4, 0.5) is 0 Å². The Balaban J connectivity index is 1.36. The van der Waals surface area contributed by atoms with E-state index in [9.17, 15) is 9.90 Å². The van der Waals surface area contributed by atoms with Gasteiger partial charge < -0.3 is 19.0 Å². The molecule has 0 amide bonds. The molecule has 1 unspecified atom stereocenters. The van der Waals surface area contributed by atoms with Crippen molar-refractivity contribution in [1.29, 1.82) is 0 Å². The monoisotopic (exact) mass is 400 g/mol. The maximum absolute atomic E-state index is 13.0. The summed E-state index contributed by atoms with van der Waals surface area (Å²) in [6.07, 6.45) is 12.3. The predicted molar refractivity (Wildman–Crippen MR) is 109 cm³/mol. The molecule has 158 valence electrons. The van der Waals surface area contributed by atoms with Gasteiger partial charge in [0, 0.05) is 32.1 Å². The average Bonchev–Trinajstić information content (AvgIpc) is 3.58. The molecule has 3 heterocycles. The molecule has 0 radical (unpaired) electrons. The Hall–Kier alpha value is -1.75. The lowest BCUT2D eigenvalue weighted by Gasteiger charge is -2.30. The molecule has 1 aromatic heterocycles. The van der Waals surface area contributed by atoms with Crippen LogP contribution in [0.1, 0.15) is 76.0 Å². The SMILES string of the molecule is CC1=CCC(CC2CC2)(c2c(O)cc(CC3(CC4CCOCC4)CC3)oc2=O)O1. The minimum atomic E-state index is -0.756. The first-order valence-electron chi connectivity index (χ1n) is 11.3. The molecule has 3 fully saturated rings. The van der Waals surface area contributed by atoms with Crippen LogP contribution in [0.5, 0.6) is 5.75 Å². The van der Waals surface area contributed by atoms with E-state index in [2.05, 4.69) is 0 Å². The molecule has 4 aliphatic rings. The lowest BCUT2D eigenvalue weighted by Crippen LogP contribution is -2.32. The van der Waals surface area contributed by atoms with E-state index < -0.39 is 11.2 Å². The topological polar surface area (TPSA) is 68.9 Å². The first kappa shape index (κ1) is 19.2. The van der Waals surface area contributed by atoms with Gasteiger partial charge in [-0.25, -0.2) is 4.79 Å². The largest absolute Gasteiger partial charge is 0.507 e. The molecular weight excluding hydrogens is 368 g/mol. The summed E-state index contributed by atoms with van der Waals surface area (Å²) in [7, 11) is 0. The third kappa shape index (κ3) is 3.98. The molecule has 5 heteroatoms. The minimum Gasteiger partial charge on any atom is -0.507 e. The van der Waals surface area contributed by atoms with Crippen molar-refractivity contribution < 1.29 is 19.0 Å². The first-order valence-corrected chi connectivity index (χ1v) is 11.3. The van der Waals surface area contributed by atoms with Crippen molar-refractivity contribution in [2.24, 2.45) is 17.3 Å². The molecule has 5 nitrogen and oxygen atoms in total. The number of hydrogen-bond acceptors (Lipinski definition) is 5. The van der Waals surface area contributed by atoms with E-state index in [-0.39, 0.29) is 11.2 Å². The van der Waals surface area contributed by atoms with Crippen molar-refractivity contribution in [3.05, 3.63) is 39.6 Å². The minimum absolute atomic E-state index is 0.0434. The number of aromatic hydroxyl groups is 1. The van der Waals surface area contributed by atoms with Crippen molar-refractivity contribution in [2.45, 2.75) is 76.7 Å². The van der Waals surface area contributed by atoms with Crippen molar-refractivity contribution in [3.63, 3.8) is 0 Å². The van der Waals surface area contributed by atoms with Crippen LogP contribution < -0.4 is 5.63 Å². The van der Waals surface area contributed by atoms with Gasteiger partial charge >= 0.3 is 5.63 Å². The fourth-order valence-electron chi connectivity index (χ4n) is 5.47. The zero-order valence-electron chi connectivity index (χ0n) is 17.4. The second-order valence-electron chi connectivity index (χ2n) is 9.96. The molecule has 2 aliphatic carbocycles. The van der Waals surface area contributed by atoms with E-state index in [1.807, 2.05) is 13.0 Å². The maximum atomic E-state index is 13.0. The van der Waals surface area contributed by atoms with Crippen LogP contribution in [0.15, 0.2) is 27.1 Å². The van der Waals surface area contributed by atoms with Crippen LogP contribution in [0, 0.1) is 17.3 Å². The number of ether oxygens (including phenoxy) is 2. The van der Waals surface area contributed by atoms with Crippen molar-refractivity contribution in [3.8, 4) is 5.75 Å². The Labute approximate surface area is 172 Å². The van der Waals surface area contributed by atoms with Gasteiger partial charge in [-0.3, -0.25) is 0 Å². The van der Waals surface area contributed by atoms with Crippen LogP contribution in [-0.2, 0) is 21.5 Å². The molecule has 0 spiro atoms. The molecule has 1 N–H and O–H groups in total. The highest BCUT2D eigenvalue weighted by atomic mass is 16.5. The Bertz CT molecular complexity index is 855. The highest BCUT2D eigenvalue weighted by Gasteiger charge is 2.48. The first-order chi connectivity index (χ1) is 14.0. The van der Waals surface area contributed by atoms with Crippen LogP contribution in [0.25, 0.3) is 0 Å². The predicted octanol–water partition coefficient (Wildman–Crippen LogP) is 4.80. The fourth-order valence-corrected chi connectivity index (χ4v) is 5.47. The van der Waals surface area contributed by atoms with Crippen LogP contribution in [-0.4, -0.2) is 18.3 Å². The summed E-state index contributed by atoms with van der Waals surface area (Å²) in [5.41, 5.74) is -0.630. The standard InChI is InChI=1S/C24H32O5/c1-16-4-7-24(29-16,14-17-2-3-17)21-20(25)12-19(28-22(21)26)15-23(8-9-23)13-18-5-10-27-11-6-18/h4,12,17-18,25H,2-3,5-11,13-15H2,1H3. The van der Waals surface area contributed by atoms with Crippen LogP contribution in [0.2, 0.25) is 0 Å². The molecule has 2 saturated carbocycles. The fraction of sp³-hybridized carbons (Fsp3) is 0.708. The molecule has 2 aliphatic heterocycles. The Morgan fingerprint density at radius 3 is 2.41 bits per heavy atom. The van der Waals surface area contributed by atoms with Crippen molar-refractivity contribution in [2.75, 3.05) is 13.2 Å². The van der Waals surface area contributed by atoms with E-state index in [0.29, 0.717) is 29.6 Å². The van der Waals surface area contributed by atoms with Gasteiger partial charge in [0.2, 0.25) is 0 Å². The maximum Gasteiger partial charge on any atom is 0.346 e. The van der Waals surface area contributed by atoms with Gasteiger partial charge in [0.05, 0.1) is 5.76 Å². The van der Waals surface area contributed by atoms with Gasteiger partial charge in [-0.15, -0.1) is 0 Å². The number of rotatable bonds is 7. The Morgan fingerprint density at radius 1 is 1.10 bits per heavy atom. The summed E-state index contributed by atoms with van der Waals surface area (Å²) < 4.78 is 17.4. The van der Waals surface area contributed by atoms with Crippen LogP contribution in [0.3, 0.4) is 0 Å². The lowest BCUT2D eigenvalue weighted by atomic mass is 9.83. The molecular formula is C24H32O5. The van der Waals surface area contributed by atoms with Gasteiger partial charge in [-0.2, -0.15) is 0 Å². The lowest BCUT2D eigenvalue weighted by molar-refractivity contribution is 0.00458. The van der Waals surface area contributed by atoms with Crippen molar-refractivity contribution >= 4 is 0 Å². The average molecular weight is 401 g/mol. The van der Waals surface area contributed by atoms with E-state index in [1.165, 1.54) is 32.1 Å². The third-order valence-electron chi connectivity index (χ3n) is 7.40. The molecule has 1 saturated heterocycles. The summed E-state index contributed by atoms with van der Waals surface area (Å²) in [6, 6.07) is 1.69. The molecule has 0 bridgehead atoms. The van der Waals surface area contributed by atoms with Gasteiger partial charge in [0.1, 0.15) is 22.7 Å². The Kier molecular flexibility index (Phi) is 4.77. The summed E-state index contributed by atoms with van der Waals surface area (Å²) in [6.45, 7) is 3.64. The van der Waals surface area contributed by atoms with Gasteiger partial charge in [0.15, 0.2) is 0 Å². The summed E-state index contributed by atoms with van der Waals surface area (Å²) in [5, 5.41) is 10.9. The van der Waals surface area contributed by atoms with Crippen LogP contribution >= 0.6 is 0 Å². The zero-order valence-corrected chi connectivity index (χ0v) is 17.4. The third-order valence-corrected chi connectivity index (χ3v) is 7.40. The highest BCUT2D eigenvalue weighted by Crippen LogP contribution is 2.55. The number of hydrogen-bond donors (Lipinski definition) is 1. The summed E-state index contributed by atoms with van der Waals surface area (Å²) in [5.74, 6) is 2.75. The summed E-state index contributed by atoms with van der Waals surface area (Å²) in [4.78, 5) is 13.0. The molecule has 1 aromatic rings. The van der Waals surface area contributed by atoms with E-state index in [0.717, 1.165) is 44.7 Å². The Morgan fingerprint density at radius 2 is 1.83 bits per heavy atom. The van der Waals surface area contributed by atoms with E-state index >= 15 is 0 Å². The van der Waals surface area contributed by atoms with E-state index in [4.69, 9.17) is 13.9 Å². The molecule has 5 rings (SSSR count). The molecule has 29 heavy (non-hydrogen) atoms.